The fraction of sp³-hybridized carbons (Fsp3) is 0.250. The Bertz CT molecular complexity index is 708. The first kappa shape index (κ1) is 14.6. The lowest BCUT2D eigenvalue weighted by atomic mass is 10.1. The highest BCUT2D eigenvalue weighted by atomic mass is 79.9. The highest BCUT2D eigenvalue weighted by molar-refractivity contribution is 9.10. The number of thiazole rings is 1. The molecule has 3 rings (SSSR count). The Morgan fingerprint density at radius 2 is 2.10 bits per heavy atom. The summed E-state index contributed by atoms with van der Waals surface area (Å²) in [5, 5.41) is 4.65. The maximum absolute atomic E-state index is 4.73. The van der Waals surface area contributed by atoms with Crippen LogP contribution in [0.3, 0.4) is 0 Å². The van der Waals surface area contributed by atoms with Crippen LogP contribution in [0, 0.1) is 0 Å². The molecule has 3 aromatic rings. The van der Waals surface area contributed by atoms with Crippen molar-refractivity contribution in [1.29, 1.82) is 0 Å². The van der Waals surface area contributed by atoms with Gasteiger partial charge in [-0.25, -0.2) is 4.98 Å². The number of aromatic nitrogens is 2. The predicted molar refractivity (Wildman–Crippen MR) is 91.7 cm³/mol. The maximum atomic E-state index is 4.73. The first-order valence-corrected chi connectivity index (χ1v) is 8.57. The molecule has 0 aliphatic heterocycles. The van der Waals surface area contributed by atoms with Gasteiger partial charge in [-0.3, -0.25) is 4.98 Å². The average molecular weight is 362 g/mol. The molecular weight excluding hydrogens is 346 g/mol. The van der Waals surface area contributed by atoms with Crippen molar-refractivity contribution in [2.24, 2.45) is 0 Å². The zero-order chi connectivity index (χ0) is 14.7. The fourth-order valence-electron chi connectivity index (χ4n) is 2.35. The number of hydrogen-bond acceptors (Lipinski definition) is 4. The number of nitrogens with zero attached hydrogens (tertiary/aromatic N) is 2. The van der Waals surface area contributed by atoms with Gasteiger partial charge < -0.3 is 5.32 Å². The van der Waals surface area contributed by atoms with Crippen molar-refractivity contribution >= 4 is 37.5 Å². The summed E-state index contributed by atoms with van der Waals surface area (Å²) in [4.78, 5) is 9.24. The van der Waals surface area contributed by atoms with Gasteiger partial charge in [0.2, 0.25) is 0 Å². The molecule has 3 nitrogen and oxygen atoms in total. The monoisotopic (exact) mass is 361 g/mol. The number of nitrogens with one attached hydrogen (secondary N) is 1. The number of benzene rings is 1. The Morgan fingerprint density at radius 1 is 1.24 bits per heavy atom. The van der Waals surface area contributed by atoms with Crippen molar-refractivity contribution in [2.75, 3.05) is 6.54 Å². The lowest BCUT2D eigenvalue weighted by molar-refractivity contribution is 0.534. The molecule has 1 N–H and O–H groups in total. The molecule has 5 heteroatoms. The Balaban J connectivity index is 1.90. The summed E-state index contributed by atoms with van der Waals surface area (Å²) >= 11 is 5.35. The van der Waals surface area contributed by atoms with Crippen LogP contribution >= 0.6 is 27.3 Å². The third-order valence-electron chi connectivity index (χ3n) is 3.28. The summed E-state index contributed by atoms with van der Waals surface area (Å²) in [5.74, 6) is 0. The van der Waals surface area contributed by atoms with Gasteiger partial charge in [0.25, 0.3) is 0 Å². The van der Waals surface area contributed by atoms with E-state index in [9.17, 15) is 0 Å². The van der Waals surface area contributed by atoms with E-state index in [-0.39, 0.29) is 6.04 Å². The summed E-state index contributed by atoms with van der Waals surface area (Å²) in [6, 6.07) is 12.4. The normalized spacial score (nSPS) is 12.7. The van der Waals surface area contributed by atoms with Gasteiger partial charge in [-0.05, 0) is 46.7 Å². The lowest BCUT2D eigenvalue weighted by Gasteiger charge is -2.17. The van der Waals surface area contributed by atoms with Gasteiger partial charge in [-0.2, -0.15) is 0 Å². The minimum absolute atomic E-state index is 0.172. The minimum atomic E-state index is 0.172. The van der Waals surface area contributed by atoms with Gasteiger partial charge in [-0.1, -0.05) is 19.1 Å². The highest BCUT2D eigenvalue weighted by Gasteiger charge is 2.17. The second-order valence-electron chi connectivity index (χ2n) is 4.76. The molecular formula is C16H16BrN3S. The number of rotatable bonds is 5. The molecule has 0 saturated carbocycles. The maximum Gasteiger partial charge on any atom is 0.0958 e. The zero-order valence-corrected chi connectivity index (χ0v) is 14.1. The number of para-hydroxylation sites is 1. The third-order valence-corrected chi connectivity index (χ3v) is 5.01. The van der Waals surface area contributed by atoms with Crippen molar-refractivity contribution < 1.29 is 0 Å². The Labute approximate surface area is 136 Å². The van der Waals surface area contributed by atoms with E-state index in [1.165, 1.54) is 4.70 Å². The lowest BCUT2D eigenvalue weighted by Crippen LogP contribution is -2.24. The van der Waals surface area contributed by atoms with Crippen LogP contribution in [-0.4, -0.2) is 16.5 Å². The van der Waals surface area contributed by atoms with E-state index in [2.05, 4.69) is 51.4 Å². The van der Waals surface area contributed by atoms with Crippen LogP contribution in [0.2, 0.25) is 0 Å². The van der Waals surface area contributed by atoms with E-state index in [4.69, 9.17) is 4.98 Å². The van der Waals surface area contributed by atoms with E-state index in [0.29, 0.717) is 0 Å². The van der Waals surface area contributed by atoms with Crippen LogP contribution in [0.15, 0.2) is 47.1 Å². The molecule has 0 bridgehead atoms. The van der Waals surface area contributed by atoms with Crippen LogP contribution in [-0.2, 0) is 6.42 Å². The van der Waals surface area contributed by atoms with Gasteiger partial charge in [0.1, 0.15) is 0 Å². The SMILES string of the molecule is CCNC(Cc1nc2ccccc2s1)c1ncccc1Br. The van der Waals surface area contributed by atoms with Gasteiger partial charge in [-0.15, -0.1) is 11.3 Å². The summed E-state index contributed by atoms with van der Waals surface area (Å²) in [6.07, 6.45) is 2.69. The molecule has 1 atom stereocenters. The molecule has 0 aliphatic rings. The molecule has 21 heavy (non-hydrogen) atoms. The summed E-state index contributed by atoms with van der Waals surface area (Å²) in [7, 11) is 0. The zero-order valence-electron chi connectivity index (χ0n) is 11.7. The number of pyridine rings is 1. The first-order chi connectivity index (χ1) is 10.3. The smallest absolute Gasteiger partial charge is 0.0958 e. The van der Waals surface area contributed by atoms with Gasteiger partial charge in [0, 0.05) is 17.1 Å². The highest BCUT2D eigenvalue weighted by Crippen LogP contribution is 2.28. The fourth-order valence-corrected chi connectivity index (χ4v) is 3.89. The molecule has 0 amide bonds. The molecule has 0 aliphatic carbocycles. The minimum Gasteiger partial charge on any atom is -0.309 e. The Kier molecular flexibility index (Phi) is 4.63. The summed E-state index contributed by atoms with van der Waals surface area (Å²) in [6.45, 7) is 3.01. The van der Waals surface area contributed by atoms with Crippen molar-refractivity contribution in [1.82, 2.24) is 15.3 Å². The van der Waals surface area contributed by atoms with Crippen molar-refractivity contribution in [2.45, 2.75) is 19.4 Å². The van der Waals surface area contributed by atoms with Gasteiger partial charge in [0.15, 0.2) is 0 Å². The van der Waals surface area contributed by atoms with E-state index < -0.39 is 0 Å². The van der Waals surface area contributed by atoms with E-state index in [1.54, 1.807) is 11.3 Å². The van der Waals surface area contributed by atoms with Crippen LogP contribution in [0.1, 0.15) is 23.7 Å². The largest absolute Gasteiger partial charge is 0.309 e. The molecule has 2 aromatic heterocycles. The standard InChI is InChI=1S/C16H16BrN3S/c1-2-18-13(16-11(17)6-5-9-19-16)10-15-20-12-7-3-4-8-14(12)21-15/h3-9,13,18H,2,10H2,1H3. The average Bonchev–Trinajstić information content (AvgIpc) is 2.89. The van der Waals surface area contributed by atoms with Crippen LogP contribution < -0.4 is 5.32 Å². The first-order valence-electron chi connectivity index (χ1n) is 6.96. The Hall–Kier alpha value is -1.30. The summed E-state index contributed by atoms with van der Waals surface area (Å²) < 4.78 is 2.28. The van der Waals surface area contributed by atoms with Crippen molar-refractivity contribution in [3.8, 4) is 0 Å². The number of fused-ring (bicyclic) bond motifs is 1. The van der Waals surface area contributed by atoms with Crippen molar-refractivity contribution in [3.05, 3.63) is 57.8 Å². The number of likely N-dealkylation sites (N-methyl/N-ethyl adjacent to an activating group) is 1. The van der Waals surface area contributed by atoms with Crippen LogP contribution in [0.4, 0.5) is 0 Å². The number of halogens is 1. The van der Waals surface area contributed by atoms with Gasteiger partial charge >= 0.3 is 0 Å². The number of hydrogen-bond donors (Lipinski definition) is 1. The summed E-state index contributed by atoms with van der Waals surface area (Å²) in [5.41, 5.74) is 2.12. The molecule has 0 radical (unpaired) electrons. The molecule has 2 heterocycles. The van der Waals surface area contributed by atoms with E-state index >= 15 is 0 Å². The second-order valence-corrected chi connectivity index (χ2v) is 6.73. The molecule has 0 saturated heterocycles. The molecule has 1 unspecified atom stereocenters. The Morgan fingerprint density at radius 3 is 2.86 bits per heavy atom. The third kappa shape index (κ3) is 3.31. The van der Waals surface area contributed by atoms with E-state index in [0.717, 1.165) is 33.7 Å². The molecule has 108 valence electrons. The van der Waals surface area contributed by atoms with Gasteiger partial charge in [0.05, 0.1) is 27.0 Å². The van der Waals surface area contributed by atoms with Crippen LogP contribution in [0.25, 0.3) is 10.2 Å². The molecule has 0 fully saturated rings. The van der Waals surface area contributed by atoms with E-state index in [1.807, 2.05) is 24.4 Å². The van der Waals surface area contributed by atoms with Crippen molar-refractivity contribution in [3.63, 3.8) is 0 Å². The van der Waals surface area contributed by atoms with Crippen LogP contribution in [0.5, 0.6) is 0 Å². The topological polar surface area (TPSA) is 37.8 Å². The predicted octanol–water partition coefficient (Wildman–Crippen LogP) is 4.35. The molecule has 0 spiro atoms. The second kappa shape index (κ2) is 6.64. The molecule has 1 aromatic carbocycles. The quantitative estimate of drug-likeness (QED) is 0.733.